The molecule has 1 aromatic heterocycles. The first-order valence-electron chi connectivity index (χ1n) is 7.20. The Morgan fingerprint density at radius 3 is 2.86 bits per heavy atom. The summed E-state index contributed by atoms with van der Waals surface area (Å²) in [6, 6.07) is 5.96. The van der Waals surface area contributed by atoms with Gasteiger partial charge in [0.2, 0.25) is 0 Å². The van der Waals surface area contributed by atoms with Crippen LogP contribution in [0.5, 0.6) is 5.75 Å². The Labute approximate surface area is 124 Å². The highest BCUT2D eigenvalue weighted by molar-refractivity contribution is 5.90. The van der Waals surface area contributed by atoms with Gasteiger partial charge in [-0.15, -0.1) is 0 Å². The third-order valence-corrected chi connectivity index (χ3v) is 3.56. The lowest BCUT2D eigenvalue weighted by Crippen LogP contribution is -2.44. The standard InChI is InChI=1S/C15H20N4O2/c1-20-8-9-21-12-2-3-13-14(10-12)17-11-18-15(13)19-6-4-16-5-7-19/h2-3,10-11,16H,4-9H2,1H3. The zero-order valence-electron chi connectivity index (χ0n) is 12.2. The van der Waals surface area contributed by atoms with Crippen molar-refractivity contribution in [2.24, 2.45) is 0 Å². The molecule has 0 unspecified atom stereocenters. The van der Waals surface area contributed by atoms with Gasteiger partial charge < -0.3 is 19.7 Å². The molecule has 1 fully saturated rings. The van der Waals surface area contributed by atoms with Gasteiger partial charge in [0, 0.05) is 44.7 Å². The molecular weight excluding hydrogens is 268 g/mol. The van der Waals surface area contributed by atoms with E-state index in [4.69, 9.17) is 9.47 Å². The molecule has 0 aliphatic carbocycles. The molecule has 1 aromatic carbocycles. The quantitative estimate of drug-likeness (QED) is 0.830. The summed E-state index contributed by atoms with van der Waals surface area (Å²) in [7, 11) is 1.66. The first kappa shape index (κ1) is 14.0. The molecule has 112 valence electrons. The van der Waals surface area contributed by atoms with Gasteiger partial charge in [-0.2, -0.15) is 0 Å². The van der Waals surface area contributed by atoms with Gasteiger partial charge in [0.05, 0.1) is 12.1 Å². The molecular formula is C15H20N4O2. The second-order valence-corrected chi connectivity index (χ2v) is 4.95. The molecule has 21 heavy (non-hydrogen) atoms. The number of piperazine rings is 1. The number of methoxy groups -OCH3 is 1. The van der Waals surface area contributed by atoms with Gasteiger partial charge >= 0.3 is 0 Å². The molecule has 1 N–H and O–H groups in total. The topological polar surface area (TPSA) is 59.5 Å². The molecule has 2 heterocycles. The largest absolute Gasteiger partial charge is 0.491 e. The second-order valence-electron chi connectivity index (χ2n) is 4.95. The van der Waals surface area contributed by atoms with E-state index in [1.54, 1.807) is 13.4 Å². The molecule has 0 radical (unpaired) electrons. The third kappa shape index (κ3) is 3.22. The fraction of sp³-hybridized carbons (Fsp3) is 0.467. The molecule has 2 aromatic rings. The van der Waals surface area contributed by atoms with Crippen LogP contribution in [0.2, 0.25) is 0 Å². The molecule has 0 spiro atoms. The molecule has 1 aliphatic heterocycles. The monoisotopic (exact) mass is 288 g/mol. The Kier molecular flexibility index (Phi) is 4.47. The van der Waals surface area contributed by atoms with Gasteiger partial charge in [-0.05, 0) is 12.1 Å². The van der Waals surface area contributed by atoms with Crippen LogP contribution in [-0.4, -0.2) is 56.5 Å². The Morgan fingerprint density at radius 1 is 1.19 bits per heavy atom. The molecule has 3 rings (SSSR count). The third-order valence-electron chi connectivity index (χ3n) is 3.56. The lowest BCUT2D eigenvalue weighted by molar-refractivity contribution is 0.146. The van der Waals surface area contributed by atoms with E-state index in [9.17, 15) is 0 Å². The van der Waals surface area contributed by atoms with Crippen molar-refractivity contribution in [3.8, 4) is 5.75 Å². The van der Waals surface area contributed by atoms with Crippen LogP contribution in [0.4, 0.5) is 5.82 Å². The van der Waals surface area contributed by atoms with Crippen LogP contribution >= 0.6 is 0 Å². The van der Waals surface area contributed by atoms with E-state index in [0.717, 1.165) is 48.6 Å². The summed E-state index contributed by atoms with van der Waals surface area (Å²) in [5.74, 6) is 1.81. The van der Waals surface area contributed by atoms with Crippen LogP contribution in [0, 0.1) is 0 Å². The maximum Gasteiger partial charge on any atom is 0.139 e. The zero-order valence-corrected chi connectivity index (χ0v) is 12.2. The highest BCUT2D eigenvalue weighted by Crippen LogP contribution is 2.26. The maximum absolute atomic E-state index is 5.63. The fourth-order valence-corrected chi connectivity index (χ4v) is 2.48. The highest BCUT2D eigenvalue weighted by atomic mass is 16.5. The van der Waals surface area contributed by atoms with Crippen LogP contribution in [0.3, 0.4) is 0 Å². The number of nitrogens with zero attached hydrogens (tertiary/aromatic N) is 3. The molecule has 0 atom stereocenters. The highest BCUT2D eigenvalue weighted by Gasteiger charge is 2.15. The Morgan fingerprint density at radius 2 is 2.05 bits per heavy atom. The van der Waals surface area contributed by atoms with E-state index in [1.165, 1.54) is 0 Å². The minimum absolute atomic E-state index is 0.539. The number of hydrogen-bond donors (Lipinski definition) is 1. The summed E-state index contributed by atoms with van der Waals surface area (Å²) < 4.78 is 10.6. The van der Waals surface area contributed by atoms with Gasteiger partial charge in [0.25, 0.3) is 0 Å². The molecule has 6 nitrogen and oxygen atoms in total. The molecule has 0 saturated carbocycles. The van der Waals surface area contributed by atoms with E-state index in [-0.39, 0.29) is 0 Å². The minimum atomic E-state index is 0.539. The first-order valence-corrected chi connectivity index (χ1v) is 7.20. The average Bonchev–Trinajstić information content (AvgIpc) is 2.55. The lowest BCUT2D eigenvalue weighted by Gasteiger charge is -2.29. The SMILES string of the molecule is COCCOc1ccc2c(N3CCNCC3)ncnc2c1. The van der Waals surface area contributed by atoms with Crippen LogP contribution in [0.1, 0.15) is 0 Å². The second kappa shape index (κ2) is 6.69. The normalized spacial score (nSPS) is 15.4. The molecule has 1 aliphatic rings. The van der Waals surface area contributed by atoms with Crippen molar-refractivity contribution in [3.05, 3.63) is 24.5 Å². The number of fused-ring (bicyclic) bond motifs is 1. The van der Waals surface area contributed by atoms with Crippen molar-refractivity contribution in [2.45, 2.75) is 0 Å². The summed E-state index contributed by atoms with van der Waals surface area (Å²) in [6.07, 6.45) is 1.62. The molecule has 1 saturated heterocycles. The van der Waals surface area contributed by atoms with E-state index in [0.29, 0.717) is 13.2 Å². The Bertz CT molecular complexity index is 599. The maximum atomic E-state index is 5.63. The van der Waals surface area contributed by atoms with E-state index in [2.05, 4.69) is 20.2 Å². The van der Waals surface area contributed by atoms with Crippen LogP contribution in [0.15, 0.2) is 24.5 Å². The summed E-state index contributed by atoms with van der Waals surface area (Å²) in [4.78, 5) is 11.1. The van der Waals surface area contributed by atoms with Crippen molar-refractivity contribution in [2.75, 3.05) is 51.4 Å². The summed E-state index contributed by atoms with van der Waals surface area (Å²) >= 11 is 0. The molecule has 0 bridgehead atoms. The Hall–Kier alpha value is -1.92. The predicted octanol–water partition coefficient (Wildman–Crippen LogP) is 1.06. The predicted molar refractivity (Wildman–Crippen MR) is 82.0 cm³/mol. The van der Waals surface area contributed by atoms with Crippen molar-refractivity contribution < 1.29 is 9.47 Å². The zero-order chi connectivity index (χ0) is 14.5. The lowest BCUT2D eigenvalue weighted by atomic mass is 10.2. The van der Waals surface area contributed by atoms with Gasteiger partial charge in [0.15, 0.2) is 0 Å². The van der Waals surface area contributed by atoms with Gasteiger partial charge in [-0.25, -0.2) is 9.97 Å². The van der Waals surface area contributed by atoms with Crippen molar-refractivity contribution >= 4 is 16.7 Å². The van der Waals surface area contributed by atoms with Crippen molar-refractivity contribution in [1.29, 1.82) is 0 Å². The number of aromatic nitrogens is 2. The van der Waals surface area contributed by atoms with E-state index >= 15 is 0 Å². The van der Waals surface area contributed by atoms with Gasteiger partial charge in [0.1, 0.15) is 24.5 Å². The fourth-order valence-electron chi connectivity index (χ4n) is 2.48. The molecule has 0 amide bonds. The number of benzene rings is 1. The van der Waals surface area contributed by atoms with Crippen LogP contribution in [-0.2, 0) is 4.74 Å². The minimum Gasteiger partial charge on any atom is -0.491 e. The molecule has 6 heteroatoms. The number of nitrogens with one attached hydrogen (secondary N) is 1. The summed E-state index contributed by atoms with van der Waals surface area (Å²) in [5.41, 5.74) is 0.911. The Balaban J connectivity index is 1.85. The number of ether oxygens (including phenoxy) is 2. The van der Waals surface area contributed by atoms with Crippen LogP contribution < -0.4 is 15.0 Å². The number of anilines is 1. The van der Waals surface area contributed by atoms with E-state index in [1.807, 2.05) is 18.2 Å². The first-order chi connectivity index (χ1) is 10.4. The number of rotatable bonds is 5. The van der Waals surface area contributed by atoms with Crippen molar-refractivity contribution in [3.63, 3.8) is 0 Å². The summed E-state index contributed by atoms with van der Waals surface area (Å²) in [5, 5.41) is 4.42. The average molecular weight is 288 g/mol. The summed E-state index contributed by atoms with van der Waals surface area (Å²) in [6.45, 7) is 5.04. The van der Waals surface area contributed by atoms with E-state index < -0.39 is 0 Å². The number of hydrogen-bond acceptors (Lipinski definition) is 6. The van der Waals surface area contributed by atoms with Crippen LogP contribution in [0.25, 0.3) is 10.9 Å². The van der Waals surface area contributed by atoms with Gasteiger partial charge in [-0.1, -0.05) is 0 Å². The smallest absolute Gasteiger partial charge is 0.139 e. The van der Waals surface area contributed by atoms with Crippen molar-refractivity contribution in [1.82, 2.24) is 15.3 Å². The van der Waals surface area contributed by atoms with Gasteiger partial charge in [-0.3, -0.25) is 0 Å².